The molecule has 7 atom stereocenters. The van der Waals surface area contributed by atoms with E-state index in [2.05, 4.69) is 15.6 Å². The van der Waals surface area contributed by atoms with Gasteiger partial charge in [-0.1, -0.05) is 50.6 Å². The summed E-state index contributed by atoms with van der Waals surface area (Å²) in [5.41, 5.74) is -4.77. The lowest BCUT2D eigenvalue weighted by Gasteiger charge is -2.35. The van der Waals surface area contributed by atoms with Crippen molar-refractivity contribution in [3.8, 4) is 11.6 Å². The number of methoxy groups -OCH3 is 1. The highest BCUT2D eigenvalue weighted by molar-refractivity contribution is 7.91. The molecule has 2 aliphatic carbocycles. The van der Waals surface area contributed by atoms with E-state index in [0.29, 0.717) is 56.1 Å². The van der Waals surface area contributed by atoms with E-state index in [0.717, 1.165) is 4.90 Å². The summed E-state index contributed by atoms with van der Waals surface area (Å²) in [5, 5.41) is 6.30. The predicted octanol–water partition coefficient (Wildman–Crippen LogP) is 5.30. The van der Waals surface area contributed by atoms with E-state index in [1.165, 1.54) is 13.3 Å². The molecule has 0 spiro atoms. The Morgan fingerprint density at radius 3 is 2.48 bits per heavy atom. The number of aromatic nitrogens is 1. The normalized spacial score (nSPS) is 30.4. The smallest absolute Gasteiger partial charge is 0.427 e. The summed E-state index contributed by atoms with van der Waals surface area (Å²) in [6.45, 7) is 1.83. The quantitative estimate of drug-likeness (QED) is 0.280. The maximum absolute atomic E-state index is 14.9. The Labute approximate surface area is 340 Å². The van der Waals surface area contributed by atoms with Crippen LogP contribution in [0.25, 0.3) is 10.8 Å². The van der Waals surface area contributed by atoms with Gasteiger partial charge >= 0.3 is 12.3 Å². The summed E-state index contributed by atoms with van der Waals surface area (Å²) in [7, 11) is -3.28. The molecule has 3 N–H and O–H groups in total. The number of nitrogens with zero attached hydrogens (tertiary/aromatic N) is 2. The largest absolute Gasteiger partial charge is 0.494 e. The van der Waals surface area contributed by atoms with Crippen LogP contribution >= 0.6 is 0 Å². The fourth-order valence-electron chi connectivity index (χ4n) is 7.73. The van der Waals surface area contributed by atoms with Crippen LogP contribution in [-0.4, -0.2) is 96.0 Å². The monoisotopic (exact) mass is 838 g/mol. The highest BCUT2D eigenvalue weighted by Crippen LogP contribution is 2.48. The van der Waals surface area contributed by atoms with E-state index in [1.807, 2.05) is 11.6 Å². The number of amides is 4. The third kappa shape index (κ3) is 8.57. The Bertz CT molecular complexity index is 2190. The van der Waals surface area contributed by atoms with E-state index < -0.39 is 92.8 Å². The van der Waals surface area contributed by atoms with Crippen LogP contribution in [0.1, 0.15) is 90.0 Å². The number of carbonyl (C=O) groups is 4. The summed E-state index contributed by atoms with van der Waals surface area (Å²) in [4.78, 5) is 62.4. The summed E-state index contributed by atoms with van der Waals surface area (Å²) in [6.07, 6.45) is -1.42. The lowest BCUT2D eigenvalue weighted by molar-refractivity contribution is -0.244. The maximum atomic E-state index is 14.9. The number of rotatable bonds is 9. The van der Waals surface area contributed by atoms with Crippen LogP contribution in [0, 0.1) is 17.8 Å². The Hall–Kier alpha value is -4.61. The number of halogens is 3. The van der Waals surface area contributed by atoms with Gasteiger partial charge in [-0.2, -0.15) is 13.2 Å². The molecule has 0 radical (unpaired) electrons. The maximum Gasteiger partial charge on any atom is 0.427 e. The number of hydrogen-bond donors (Lipinski definition) is 3. The minimum atomic E-state index is -4.95. The molecule has 0 bridgehead atoms. The molecule has 4 amide bonds. The van der Waals surface area contributed by atoms with Crippen LogP contribution in [0.3, 0.4) is 0 Å². The lowest BCUT2D eigenvalue weighted by Crippen LogP contribution is -2.60. The molecule has 18 heteroatoms. The van der Waals surface area contributed by atoms with Gasteiger partial charge in [0.25, 0.3) is 5.91 Å². The summed E-state index contributed by atoms with van der Waals surface area (Å²) in [5.74, 6) is -3.69. The van der Waals surface area contributed by atoms with Crippen LogP contribution in [0.2, 0.25) is 0 Å². The topological polar surface area (TPSA) is 182 Å². The number of ether oxygens (including phenoxy) is 3. The molecule has 14 nitrogen and oxygen atoms in total. The molecule has 1 aromatic heterocycles. The third-order valence-corrected chi connectivity index (χ3v) is 13.6. The molecular formula is C40H52F3N5O9S. The second-order valence-corrected chi connectivity index (χ2v) is 18.4. The fraction of sp³-hybridized carbons (Fsp3) is 0.625. The summed E-state index contributed by atoms with van der Waals surface area (Å²) >= 11 is 0. The van der Waals surface area contributed by atoms with Crippen molar-refractivity contribution in [2.45, 2.75) is 126 Å². The highest BCUT2D eigenvalue weighted by Gasteiger charge is 2.63. The molecule has 3 heterocycles. The number of alkyl carbamates (subject to hydrolysis) is 1. The first kappa shape index (κ1) is 38.9. The third-order valence-electron chi connectivity index (χ3n) is 11.7. The molecule has 2 saturated carbocycles. The van der Waals surface area contributed by atoms with Crippen LogP contribution in [-0.2, 0) is 29.1 Å². The van der Waals surface area contributed by atoms with Crippen molar-refractivity contribution in [2.75, 3.05) is 13.7 Å². The molecule has 1 saturated heterocycles. The van der Waals surface area contributed by atoms with Crippen LogP contribution < -0.4 is 24.8 Å². The van der Waals surface area contributed by atoms with Gasteiger partial charge in [-0.25, -0.2) is 18.2 Å². The second kappa shape index (κ2) is 15.9. The fourth-order valence-corrected chi connectivity index (χ4v) is 8.99. The van der Waals surface area contributed by atoms with E-state index >= 15 is 0 Å². The van der Waals surface area contributed by atoms with Crippen LogP contribution in [0.15, 0.2) is 42.6 Å². The predicted molar refractivity (Wildman–Crippen MR) is 206 cm³/mol. The van der Waals surface area contributed by atoms with Gasteiger partial charge in [0.15, 0.2) is 0 Å². The first-order chi connectivity index (χ1) is 28.4. The van der Waals surface area contributed by atoms with E-state index in [1.54, 1.807) is 43.3 Å². The number of allylic oxidation sites excluding steroid dienone is 1. The SMILES string of the molecule is [2H]C([2H])([2H])C1(S(=O)(=O)NC(=O)[C@@]23C[C@H]2/C=C\CC[C@@H](C)C[C@@H](CC)[C@H](NC(=O)OC(C)(C)C(F)(F)F)C(=O)N2C[C@H](Oc4ncc(OC)c5ccccc45)C[C@H]2C(=O)N3)CC1. The molecule has 318 valence electrons. The zero-order valence-electron chi connectivity index (χ0n) is 36.0. The molecule has 1 aromatic carbocycles. The number of benzene rings is 1. The molecule has 4 aliphatic rings. The molecule has 2 aromatic rings. The van der Waals surface area contributed by atoms with Gasteiger partial charge in [0.05, 0.1) is 24.6 Å². The molecule has 3 fully saturated rings. The van der Waals surface area contributed by atoms with Crippen molar-refractivity contribution < 1.29 is 59.1 Å². The Balaban J connectivity index is 1.38. The van der Waals surface area contributed by atoms with Gasteiger partial charge in [0.2, 0.25) is 33.3 Å². The standard InChI is InChI=1S/C40H52F3N5O9S/c1-7-24-18-23(2)12-8-9-13-25-20-39(25,35(51)47-58(53,54)38(5)16-17-38)46-32(49)29-19-26(56-33-28-15-11-10-14-27(28)30(55-6)21-44-33)22-48(29)34(50)31(24)45-36(52)57-37(3,4)40(41,42)43/h9-11,13-15,21,23-26,29,31H,7-8,12,16-20,22H2,1-6H3,(H,45,52)(H,46,49)(H,47,51)/b13-9-/t23-,24-,25-,26-,29+,31+,39-/m1/s1/i5D3. The zero-order chi connectivity index (χ0) is 44.9. The minimum absolute atomic E-state index is 0.0435. The number of sulfonamides is 1. The van der Waals surface area contributed by atoms with Gasteiger partial charge in [0, 0.05) is 27.2 Å². The minimum Gasteiger partial charge on any atom is -0.494 e. The van der Waals surface area contributed by atoms with Gasteiger partial charge < -0.3 is 29.7 Å². The van der Waals surface area contributed by atoms with Crippen molar-refractivity contribution >= 4 is 44.6 Å². The number of fused-ring (bicyclic) bond motifs is 3. The number of nitrogens with one attached hydrogen (secondary N) is 3. The van der Waals surface area contributed by atoms with Gasteiger partial charge in [0.1, 0.15) is 29.5 Å². The lowest BCUT2D eigenvalue weighted by atomic mass is 9.85. The Morgan fingerprint density at radius 2 is 1.84 bits per heavy atom. The number of pyridine rings is 1. The molecular weight excluding hydrogens is 784 g/mol. The second-order valence-electron chi connectivity index (χ2n) is 16.4. The van der Waals surface area contributed by atoms with Crippen LogP contribution in [0.4, 0.5) is 18.0 Å². The summed E-state index contributed by atoms with van der Waals surface area (Å²) in [6, 6.07) is 4.16. The first-order valence-corrected chi connectivity index (χ1v) is 20.9. The highest BCUT2D eigenvalue weighted by atomic mass is 32.2. The number of carbonyl (C=O) groups excluding carboxylic acids is 4. The molecule has 6 rings (SSSR count). The van der Waals surface area contributed by atoms with Crippen molar-refractivity contribution in [1.29, 1.82) is 0 Å². The van der Waals surface area contributed by atoms with Gasteiger partial charge in [-0.05, 0) is 77.1 Å². The van der Waals surface area contributed by atoms with E-state index in [4.69, 9.17) is 18.3 Å². The summed E-state index contributed by atoms with van der Waals surface area (Å²) < 4.78 is 108. The zero-order valence-corrected chi connectivity index (χ0v) is 33.8. The average molecular weight is 839 g/mol. The van der Waals surface area contributed by atoms with Crippen molar-refractivity contribution in [2.24, 2.45) is 17.8 Å². The average Bonchev–Trinajstić information content (AvgIpc) is 4.09. The number of hydrogen-bond acceptors (Lipinski definition) is 10. The van der Waals surface area contributed by atoms with E-state index in [-0.39, 0.29) is 44.0 Å². The number of alkyl halides is 3. The van der Waals surface area contributed by atoms with E-state index in [9.17, 15) is 40.8 Å². The van der Waals surface area contributed by atoms with Gasteiger partial charge in [-0.3, -0.25) is 19.1 Å². The van der Waals surface area contributed by atoms with Crippen LogP contribution in [0.5, 0.6) is 11.6 Å². The first-order valence-electron chi connectivity index (χ1n) is 20.9. The Morgan fingerprint density at radius 1 is 1.14 bits per heavy atom. The van der Waals surface area contributed by atoms with Gasteiger partial charge in [-0.15, -0.1) is 0 Å². The molecule has 2 aliphatic heterocycles. The Kier molecular flexibility index (Phi) is 10.6. The van der Waals surface area contributed by atoms with Crippen molar-refractivity contribution in [1.82, 2.24) is 25.2 Å². The molecule has 0 unspecified atom stereocenters. The molecule has 58 heavy (non-hydrogen) atoms. The van der Waals surface area contributed by atoms with Crippen molar-refractivity contribution in [3.63, 3.8) is 0 Å². The van der Waals surface area contributed by atoms with Crippen molar-refractivity contribution in [3.05, 3.63) is 42.6 Å².